The number of hydrogen-bond donors (Lipinski definition) is 0. The maximum absolute atomic E-state index is 5.20. The highest BCUT2D eigenvalue weighted by molar-refractivity contribution is 7.25. The summed E-state index contributed by atoms with van der Waals surface area (Å²) in [5, 5.41) is 9.68. The van der Waals surface area contributed by atoms with E-state index in [-0.39, 0.29) is 0 Å². The molecule has 0 aliphatic rings. The maximum Gasteiger partial charge on any atom is 0.164 e. The van der Waals surface area contributed by atoms with Crippen LogP contribution in [-0.2, 0) is 0 Å². The quantitative estimate of drug-likeness (QED) is 0.180. The minimum atomic E-state index is 0.651. The third kappa shape index (κ3) is 4.68. The maximum atomic E-state index is 5.20. The summed E-state index contributed by atoms with van der Waals surface area (Å²) in [6.45, 7) is 0. The van der Waals surface area contributed by atoms with Crippen molar-refractivity contribution in [2.75, 3.05) is 0 Å². The number of aromatic nitrogens is 3. The van der Waals surface area contributed by atoms with Crippen LogP contribution in [0.3, 0.4) is 0 Å². The molecule has 3 nitrogen and oxygen atoms in total. The molecule has 0 amide bonds. The number of rotatable bonds is 4. The normalized spacial score (nSPS) is 11.7. The van der Waals surface area contributed by atoms with Crippen LogP contribution in [-0.4, -0.2) is 15.0 Å². The zero-order chi connectivity index (χ0) is 32.3. The first kappa shape index (κ1) is 27.8. The fourth-order valence-electron chi connectivity index (χ4n) is 7.14. The lowest BCUT2D eigenvalue weighted by Crippen LogP contribution is -2.00. The van der Waals surface area contributed by atoms with Gasteiger partial charge in [-0.25, -0.2) is 15.0 Å². The molecule has 8 aromatic carbocycles. The summed E-state index contributed by atoms with van der Waals surface area (Å²) in [5.41, 5.74) is 5.28. The van der Waals surface area contributed by atoms with Crippen molar-refractivity contribution < 1.29 is 0 Å². The first-order valence-corrected chi connectivity index (χ1v) is 17.3. The highest BCUT2D eigenvalue weighted by Crippen LogP contribution is 2.38. The minimum Gasteiger partial charge on any atom is -0.208 e. The van der Waals surface area contributed by atoms with Crippen molar-refractivity contribution in [1.29, 1.82) is 0 Å². The summed E-state index contributed by atoms with van der Waals surface area (Å²) in [5.74, 6) is 1.98. The van der Waals surface area contributed by atoms with Crippen molar-refractivity contribution in [3.05, 3.63) is 164 Å². The van der Waals surface area contributed by atoms with Crippen LogP contribution in [0, 0.1) is 0 Å². The van der Waals surface area contributed by atoms with Crippen LogP contribution in [0.25, 0.3) is 97.8 Å². The van der Waals surface area contributed by atoms with E-state index >= 15 is 0 Å². The molecule has 0 atom stereocenters. The van der Waals surface area contributed by atoms with E-state index in [9.17, 15) is 0 Å². The lowest BCUT2D eigenvalue weighted by molar-refractivity contribution is 1.08. The van der Waals surface area contributed by atoms with Gasteiger partial charge in [0.2, 0.25) is 0 Å². The molecule has 0 aliphatic carbocycles. The topological polar surface area (TPSA) is 38.7 Å². The number of benzene rings is 8. The van der Waals surface area contributed by atoms with Crippen molar-refractivity contribution >= 4 is 63.8 Å². The van der Waals surface area contributed by atoms with E-state index in [1.54, 1.807) is 11.3 Å². The van der Waals surface area contributed by atoms with E-state index in [1.165, 1.54) is 47.3 Å². The van der Waals surface area contributed by atoms with Gasteiger partial charge in [-0.3, -0.25) is 0 Å². The molecular weight excluding hydrogens is 615 g/mol. The van der Waals surface area contributed by atoms with E-state index in [1.807, 2.05) is 0 Å². The van der Waals surface area contributed by atoms with E-state index in [2.05, 4.69) is 164 Å². The van der Waals surface area contributed by atoms with Crippen LogP contribution >= 0.6 is 11.3 Å². The van der Waals surface area contributed by atoms with Crippen molar-refractivity contribution in [1.82, 2.24) is 15.0 Å². The highest BCUT2D eigenvalue weighted by atomic mass is 32.1. The summed E-state index contributed by atoms with van der Waals surface area (Å²) >= 11 is 1.80. The fourth-order valence-corrected chi connectivity index (χ4v) is 8.29. The van der Waals surface area contributed by atoms with Crippen LogP contribution < -0.4 is 0 Å². The second-order valence-electron chi connectivity index (χ2n) is 12.4. The molecule has 0 bridgehead atoms. The monoisotopic (exact) mass is 641 g/mol. The molecule has 0 spiro atoms. The Hall–Kier alpha value is -6.23. The molecule has 228 valence electrons. The van der Waals surface area contributed by atoms with Crippen LogP contribution in [0.1, 0.15) is 0 Å². The van der Waals surface area contributed by atoms with Crippen molar-refractivity contribution in [2.24, 2.45) is 0 Å². The Balaban J connectivity index is 1.17. The average Bonchev–Trinajstić information content (AvgIpc) is 3.55. The summed E-state index contributed by atoms with van der Waals surface area (Å²) in [6, 6.07) is 58.1. The molecule has 2 aromatic heterocycles. The molecule has 0 aliphatic heterocycles. The minimum absolute atomic E-state index is 0.651. The Morgan fingerprint density at radius 3 is 1.71 bits per heavy atom. The molecule has 4 heteroatoms. The standard InChI is InChI=1S/C45H27N3S/c1-3-13-34-28(9-1)11-7-16-35(34)30-20-23-32(24-21-30)43-46-44(33-25-26-38-37-15-5-6-18-40(37)49-41(38)27-33)48-45(47-43)39-17-8-12-31-22-19-29-10-2-4-14-36(29)42(31)39/h1-27H. The van der Waals surface area contributed by atoms with E-state index in [4.69, 9.17) is 15.0 Å². The molecule has 0 saturated carbocycles. The zero-order valence-corrected chi connectivity index (χ0v) is 27.2. The summed E-state index contributed by atoms with van der Waals surface area (Å²) in [7, 11) is 0. The first-order valence-electron chi connectivity index (χ1n) is 16.4. The smallest absolute Gasteiger partial charge is 0.164 e. The molecule has 0 N–H and O–H groups in total. The molecule has 49 heavy (non-hydrogen) atoms. The summed E-state index contributed by atoms with van der Waals surface area (Å²) < 4.78 is 2.50. The molecule has 0 fully saturated rings. The van der Waals surface area contributed by atoms with Gasteiger partial charge in [-0.15, -0.1) is 11.3 Å². The number of nitrogens with zero attached hydrogens (tertiary/aromatic N) is 3. The first-order chi connectivity index (χ1) is 24.3. The van der Waals surface area contributed by atoms with Crippen LogP contribution in [0.2, 0.25) is 0 Å². The van der Waals surface area contributed by atoms with Gasteiger partial charge in [0.25, 0.3) is 0 Å². The Morgan fingerprint density at radius 1 is 0.327 bits per heavy atom. The predicted molar refractivity (Wildman–Crippen MR) is 207 cm³/mol. The Kier molecular flexibility index (Phi) is 6.36. The van der Waals surface area contributed by atoms with Gasteiger partial charge in [0.1, 0.15) is 0 Å². The highest BCUT2D eigenvalue weighted by Gasteiger charge is 2.17. The molecular formula is C45H27N3S. The lowest BCUT2D eigenvalue weighted by atomic mass is 9.97. The fraction of sp³-hybridized carbons (Fsp3) is 0. The Labute approximate surface area is 286 Å². The van der Waals surface area contributed by atoms with Gasteiger partial charge < -0.3 is 0 Å². The van der Waals surface area contributed by atoms with Crippen molar-refractivity contribution in [2.45, 2.75) is 0 Å². The van der Waals surface area contributed by atoms with Crippen LogP contribution in [0.5, 0.6) is 0 Å². The SMILES string of the molecule is c1ccc2c(-c3ccc(-c4nc(-c5ccc6c(c5)sc5ccccc56)nc(-c5cccc6ccc7ccccc7c56)n4)cc3)cccc2c1. The molecule has 10 rings (SSSR count). The van der Waals surface area contributed by atoms with Gasteiger partial charge >= 0.3 is 0 Å². The van der Waals surface area contributed by atoms with E-state index < -0.39 is 0 Å². The third-order valence-electron chi connectivity index (χ3n) is 9.53. The van der Waals surface area contributed by atoms with Gasteiger partial charge in [-0.1, -0.05) is 152 Å². The second kappa shape index (κ2) is 11.2. The van der Waals surface area contributed by atoms with Gasteiger partial charge in [0, 0.05) is 42.2 Å². The Morgan fingerprint density at radius 2 is 0.878 bits per heavy atom. The van der Waals surface area contributed by atoms with Gasteiger partial charge in [0.15, 0.2) is 17.5 Å². The van der Waals surface area contributed by atoms with E-state index in [0.29, 0.717) is 17.5 Å². The summed E-state index contributed by atoms with van der Waals surface area (Å²) in [4.78, 5) is 15.5. The molecule has 0 unspecified atom stereocenters. The third-order valence-corrected chi connectivity index (χ3v) is 10.7. The largest absolute Gasteiger partial charge is 0.208 e. The number of fused-ring (bicyclic) bond motifs is 7. The molecule has 0 radical (unpaired) electrons. The summed E-state index contributed by atoms with van der Waals surface area (Å²) in [6.07, 6.45) is 0. The Bertz CT molecular complexity index is 2880. The molecule has 2 heterocycles. The molecule has 0 saturated heterocycles. The van der Waals surface area contributed by atoms with Gasteiger partial charge in [0.05, 0.1) is 0 Å². The van der Waals surface area contributed by atoms with Gasteiger partial charge in [-0.05, 0) is 50.2 Å². The van der Waals surface area contributed by atoms with Crippen molar-refractivity contribution in [3.8, 4) is 45.3 Å². The van der Waals surface area contributed by atoms with Gasteiger partial charge in [-0.2, -0.15) is 0 Å². The van der Waals surface area contributed by atoms with Crippen LogP contribution in [0.4, 0.5) is 0 Å². The van der Waals surface area contributed by atoms with Crippen molar-refractivity contribution in [3.63, 3.8) is 0 Å². The van der Waals surface area contributed by atoms with E-state index in [0.717, 1.165) is 33.0 Å². The average molecular weight is 642 g/mol. The van der Waals surface area contributed by atoms with Crippen LogP contribution in [0.15, 0.2) is 164 Å². The second-order valence-corrected chi connectivity index (χ2v) is 13.5. The number of thiophene rings is 1. The number of hydrogen-bond acceptors (Lipinski definition) is 4. The lowest BCUT2D eigenvalue weighted by Gasteiger charge is -2.12. The zero-order valence-electron chi connectivity index (χ0n) is 26.3. The molecule has 10 aromatic rings. The predicted octanol–water partition coefficient (Wildman–Crippen LogP) is 12.4.